The summed E-state index contributed by atoms with van der Waals surface area (Å²) in [5.74, 6) is -0.0391. The third kappa shape index (κ3) is 5.76. The van der Waals surface area contributed by atoms with Crippen molar-refractivity contribution in [1.82, 2.24) is 0 Å². The molecule has 1 aromatic rings. The van der Waals surface area contributed by atoms with Gasteiger partial charge in [-0.2, -0.15) is 0 Å². The van der Waals surface area contributed by atoms with Crippen LogP contribution >= 0.6 is 0 Å². The Kier molecular flexibility index (Phi) is 7.14. The number of hydrogen-bond donors (Lipinski definition) is 0. The van der Waals surface area contributed by atoms with Crippen molar-refractivity contribution < 1.29 is 14.6 Å². The van der Waals surface area contributed by atoms with E-state index >= 15 is 0 Å². The van der Waals surface area contributed by atoms with Crippen LogP contribution in [-0.4, -0.2) is 16.5 Å². The molecule has 0 amide bonds. The van der Waals surface area contributed by atoms with Gasteiger partial charge in [0.1, 0.15) is 0 Å². The van der Waals surface area contributed by atoms with Gasteiger partial charge in [0.15, 0.2) is 0 Å². The zero-order valence-corrected chi connectivity index (χ0v) is 12.1. The average Bonchev–Trinajstić information content (AvgIpc) is 2.45. The van der Waals surface area contributed by atoms with E-state index in [4.69, 9.17) is 4.74 Å². The standard InChI is InChI=1S/C14H20N2O5/c1-2-3-4-5-6-7-10-21-14-11-12(15(17)18)8-9-13(14)16(19)20/h8-9,11H,2-7,10H2,1H3. The quantitative estimate of drug-likeness (QED) is 0.365. The monoisotopic (exact) mass is 296 g/mol. The molecule has 0 bridgehead atoms. The zero-order valence-electron chi connectivity index (χ0n) is 12.1. The molecule has 0 N–H and O–H groups in total. The molecule has 116 valence electrons. The first kappa shape index (κ1) is 16.9. The number of non-ortho nitro benzene ring substituents is 1. The molecular weight excluding hydrogens is 276 g/mol. The third-order valence-electron chi connectivity index (χ3n) is 3.11. The van der Waals surface area contributed by atoms with Gasteiger partial charge in [-0.25, -0.2) is 0 Å². The van der Waals surface area contributed by atoms with Gasteiger partial charge in [0.25, 0.3) is 5.69 Å². The maximum atomic E-state index is 10.9. The lowest BCUT2D eigenvalue weighted by atomic mass is 10.1. The normalized spacial score (nSPS) is 10.3. The maximum Gasteiger partial charge on any atom is 0.311 e. The summed E-state index contributed by atoms with van der Waals surface area (Å²) in [5.41, 5.74) is -0.454. The molecule has 7 nitrogen and oxygen atoms in total. The second kappa shape index (κ2) is 8.89. The molecule has 0 radical (unpaired) electrons. The molecular formula is C14H20N2O5. The first-order valence-corrected chi connectivity index (χ1v) is 7.12. The largest absolute Gasteiger partial charge is 0.487 e. The summed E-state index contributed by atoms with van der Waals surface area (Å²) < 4.78 is 5.35. The van der Waals surface area contributed by atoms with Crippen molar-refractivity contribution >= 4 is 11.4 Å². The fourth-order valence-corrected chi connectivity index (χ4v) is 1.95. The highest BCUT2D eigenvalue weighted by molar-refractivity contribution is 5.52. The summed E-state index contributed by atoms with van der Waals surface area (Å²) in [6.07, 6.45) is 6.43. The van der Waals surface area contributed by atoms with Crippen molar-refractivity contribution in [2.24, 2.45) is 0 Å². The second-order valence-corrected chi connectivity index (χ2v) is 4.78. The summed E-state index contributed by atoms with van der Waals surface area (Å²) in [6.45, 7) is 2.47. The first-order chi connectivity index (χ1) is 10.1. The van der Waals surface area contributed by atoms with E-state index in [1.165, 1.54) is 19.3 Å². The van der Waals surface area contributed by atoms with Gasteiger partial charge in [-0.1, -0.05) is 39.0 Å². The van der Waals surface area contributed by atoms with Gasteiger partial charge < -0.3 is 4.74 Å². The number of nitro benzene ring substituents is 2. The van der Waals surface area contributed by atoms with Crippen molar-refractivity contribution in [3.63, 3.8) is 0 Å². The minimum absolute atomic E-state index is 0.0391. The van der Waals surface area contributed by atoms with Gasteiger partial charge in [-0.3, -0.25) is 20.2 Å². The van der Waals surface area contributed by atoms with Gasteiger partial charge >= 0.3 is 5.69 Å². The Hall–Kier alpha value is -2.18. The molecule has 1 rings (SSSR count). The highest BCUT2D eigenvalue weighted by atomic mass is 16.6. The molecule has 0 saturated heterocycles. The minimum atomic E-state index is -0.597. The van der Waals surface area contributed by atoms with Crippen molar-refractivity contribution in [3.8, 4) is 5.75 Å². The molecule has 0 aromatic heterocycles. The first-order valence-electron chi connectivity index (χ1n) is 7.12. The van der Waals surface area contributed by atoms with Crippen LogP contribution in [0, 0.1) is 20.2 Å². The molecule has 0 aliphatic carbocycles. The number of benzene rings is 1. The van der Waals surface area contributed by atoms with E-state index in [1.807, 2.05) is 0 Å². The van der Waals surface area contributed by atoms with Crippen LogP contribution in [0.2, 0.25) is 0 Å². The number of unbranched alkanes of at least 4 members (excludes halogenated alkanes) is 5. The molecule has 0 atom stereocenters. The van der Waals surface area contributed by atoms with Crippen LogP contribution in [0.5, 0.6) is 5.75 Å². The van der Waals surface area contributed by atoms with Gasteiger partial charge in [0.05, 0.1) is 22.5 Å². The fraction of sp³-hybridized carbons (Fsp3) is 0.571. The number of nitro groups is 2. The van der Waals surface area contributed by atoms with E-state index in [0.717, 1.165) is 37.5 Å². The second-order valence-electron chi connectivity index (χ2n) is 4.78. The fourth-order valence-electron chi connectivity index (χ4n) is 1.95. The highest BCUT2D eigenvalue weighted by Gasteiger charge is 2.19. The summed E-state index contributed by atoms with van der Waals surface area (Å²) >= 11 is 0. The van der Waals surface area contributed by atoms with E-state index in [-0.39, 0.29) is 17.1 Å². The summed E-state index contributed by atoms with van der Waals surface area (Å²) in [4.78, 5) is 20.4. The van der Waals surface area contributed by atoms with Gasteiger partial charge in [0.2, 0.25) is 5.75 Å². The Labute approximate surface area is 123 Å². The third-order valence-corrected chi connectivity index (χ3v) is 3.11. The lowest BCUT2D eigenvalue weighted by molar-refractivity contribution is -0.389. The van der Waals surface area contributed by atoms with E-state index in [0.29, 0.717) is 6.61 Å². The Bertz CT molecular complexity index is 490. The number of rotatable bonds is 10. The van der Waals surface area contributed by atoms with E-state index < -0.39 is 9.85 Å². The molecule has 0 unspecified atom stereocenters. The smallest absolute Gasteiger partial charge is 0.311 e. The predicted molar refractivity (Wildman–Crippen MR) is 78.6 cm³/mol. The van der Waals surface area contributed by atoms with Gasteiger partial charge in [-0.05, 0) is 6.42 Å². The van der Waals surface area contributed by atoms with Crippen LogP contribution in [0.4, 0.5) is 11.4 Å². The van der Waals surface area contributed by atoms with Crippen LogP contribution in [0.25, 0.3) is 0 Å². The molecule has 0 saturated carbocycles. The summed E-state index contributed by atoms with van der Waals surface area (Å²) in [5, 5.41) is 21.6. The summed E-state index contributed by atoms with van der Waals surface area (Å²) in [6, 6.07) is 3.32. The van der Waals surface area contributed by atoms with Crippen molar-refractivity contribution in [1.29, 1.82) is 0 Å². The Morgan fingerprint density at radius 1 is 1.00 bits per heavy atom. The molecule has 0 spiro atoms. The Morgan fingerprint density at radius 2 is 1.67 bits per heavy atom. The van der Waals surface area contributed by atoms with Crippen LogP contribution in [0.3, 0.4) is 0 Å². The average molecular weight is 296 g/mol. The van der Waals surface area contributed by atoms with Crippen LogP contribution < -0.4 is 4.74 Å². The molecule has 21 heavy (non-hydrogen) atoms. The molecule has 0 aliphatic heterocycles. The topological polar surface area (TPSA) is 95.5 Å². The lowest BCUT2D eigenvalue weighted by Crippen LogP contribution is -2.01. The van der Waals surface area contributed by atoms with Crippen molar-refractivity contribution in [3.05, 3.63) is 38.4 Å². The maximum absolute atomic E-state index is 10.9. The highest BCUT2D eigenvalue weighted by Crippen LogP contribution is 2.31. The zero-order chi connectivity index (χ0) is 15.7. The van der Waals surface area contributed by atoms with Crippen LogP contribution in [0.1, 0.15) is 45.4 Å². The summed E-state index contributed by atoms with van der Waals surface area (Å²) in [7, 11) is 0. The van der Waals surface area contributed by atoms with E-state index in [1.54, 1.807) is 0 Å². The Balaban J connectivity index is 2.53. The van der Waals surface area contributed by atoms with Crippen LogP contribution in [-0.2, 0) is 0 Å². The molecule has 0 fully saturated rings. The lowest BCUT2D eigenvalue weighted by Gasteiger charge is -2.06. The Morgan fingerprint density at radius 3 is 2.29 bits per heavy atom. The SMILES string of the molecule is CCCCCCCCOc1cc([N+](=O)[O-])ccc1[N+](=O)[O-]. The molecule has 1 aromatic carbocycles. The van der Waals surface area contributed by atoms with E-state index in [2.05, 4.69) is 6.92 Å². The van der Waals surface area contributed by atoms with Gasteiger partial charge in [0, 0.05) is 12.1 Å². The van der Waals surface area contributed by atoms with Gasteiger partial charge in [-0.15, -0.1) is 0 Å². The minimum Gasteiger partial charge on any atom is -0.487 e. The predicted octanol–water partition coefficient (Wildman–Crippen LogP) is 4.24. The van der Waals surface area contributed by atoms with Crippen molar-refractivity contribution in [2.45, 2.75) is 45.4 Å². The molecule has 0 heterocycles. The number of nitrogens with zero attached hydrogens (tertiary/aromatic N) is 2. The van der Waals surface area contributed by atoms with E-state index in [9.17, 15) is 20.2 Å². The van der Waals surface area contributed by atoms with Crippen molar-refractivity contribution in [2.75, 3.05) is 6.61 Å². The number of ether oxygens (including phenoxy) is 1. The number of hydrogen-bond acceptors (Lipinski definition) is 5. The molecule has 0 aliphatic rings. The molecule has 7 heteroatoms. The van der Waals surface area contributed by atoms with Crippen LogP contribution in [0.15, 0.2) is 18.2 Å².